The molecule has 0 aliphatic rings. The van der Waals surface area contributed by atoms with Gasteiger partial charge in [0.25, 0.3) is 0 Å². The molecule has 2 heteroatoms. The van der Waals surface area contributed by atoms with Crippen LogP contribution in [0.25, 0.3) is 16.8 Å². The maximum absolute atomic E-state index is 2.15. The van der Waals surface area contributed by atoms with Crippen molar-refractivity contribution < 1.29 is 9.13 Å². The van der Waals surface area contributed by atoms with Crippen LogP contribution in [0.2, 0.25) is 0 Å². The van der Waals surface area contributed by atoms with Crippen molar-refractivity contribution in [2.75, 3.05) is 0 Å². The minimum absolute atomic E-state index is 1.18. The molecule has 0 saturated carbocycles. The molecule has 0 spiro atoms. The molecule has 0 fully saturated rings. The van der Waals surface area contributed by atoms with Gasteiger partial charge in [0.05, 0.1) is 0 Å². The molecule has 0 N–H and O–H groups in total. The van der Waals surface area contributed by atoms with E-state index in [0.29, 0.717) is 0 Å². The molecule has 3 aromatic rings. The molecule has 0 unspecified atom stereocenters. The second kappa shape index (κ2) is 5.25. The third-order valence-corrected chi connectivity index (χ3v) is 3.47. The molecule has 2 aromatic heterocycles. The number of pyridine rings is 2. The van der Waals surface area contributed by atoms with Crippen molar-refractivity contribution in [2.45, 2.75) is 6.92 Å². The molecule has 0 aliphatic carbocycles. The van der Waals surface area contributed by atoms with Gasteiger partial charge in [-0.1, -0.05) is 17.7 Å². The lowest BCUT2D eigenvalue weighted by Crippen LogP contribution is -2.29. The number of benzene rings is 1. The smallest absolute Gasteiger partial charge is 0.208 e. The summed E-state index contributed by atoms with van der Waals surface area (Å²) in [5.74, 6) is 0. The van der Waals surface area contributed by atoms with E-state index < -0.39 is 0 Å². The zero-order chi connectivity index (χ0) is 13.9. The van der Waals surface area contributed by atoms with Crippen molar-refractivity contribution in [1.82, 2.24) is 0 Å². The van der Waals surface area contributed by atoms with Gasteiger partial charge in [0.15, 0.2) is 24.8 Å². The van der Waals surface area contributed by atoms with E-state index in [1.54, 1.807) is 0 Å². The molecular formula is C18H18N2+2. The molecule has 1 aromatic carbocycles. The van der Waals surface area contributed by atoms with Crippen LogP contribution in [0.1, 0.15) is 5.56 Å². The quantitative estimate of drug-likeness (QED) is 0.627. The molecule has 98 valence electrons. The van der Waals surface area contributed by atoms with Crippen LogP contribution >= 0.6 is 0 Å². The third-order valence-electron chi connectivity index (χ3n) is 3.47. The van der Waals surface area contributed by atoms with Gasteiger partial charge in [-0.05, 0) is 18.1 Å². The van der Waals surface area contributed by atoms with E-state index in [4.69, 9.17) is 0 Å². The Morgan fingerprint density at radius 1 is 0.650 bits per heavy atom. The van der Waals surface area contributed by atoms with E-state index in [1.165, 1.54) is 22.4 Å². The van der Waals surface area contributed by atoms with Gasteiger partial charge >= 0.3 is 0 Å². The van der Waals surface area contributed by atoms with Gasteiger partial charge in [-0.2, -0.15) is 4.57 Å². The minimum atomic E-state index is 1.18. The average molecular weight is 262 g/mol. The predicted octanol–water partition coefficient (Wildman–Crippen LogP) is 2.76. The Morgan fingerprint density at radius 3 is 1.70 bits per heavy atom. The Kier molecular flexibility index (Phi) is 3.30. The molecule has 0 saturated heterocycles. The summed E-state index contributed by atoms with van der Waals surface area (Å²) < 4.78 is 4.17. The van der Waals surface area contributed by atoms with Crippen LogP contribution < -0.4 is 9.13 Å². The van der Waals surface area contributed by atoms with Crippen LogP contribution in [-0.4, -0.2) is 0 Å². The molecule has 2 nitrogen and oxygen atoms in total. The zero-order valence-corrected chi connectivity index (χ0v) is 11.8. The second-order valence-corrected chi connectivity index (χ2v) is 5.08. The molecule has 3 rings (SSSR count). The Balaban J connectivity index is 1.91. The van der Waals surface area contributed by atoms with Crippen LogP contribution in [-0.2, 0) is 7.05 Å². The standard InChI is InChI=1S/C18H18N2/c1-15-3-5-18(6-4-15)20-13-9-17(10-14-20)16-7-11-19(2)12-8-16/h3-14H,1-2H3/q+2. The van der Waals surface area contributed by atoms with Crippen molar-refractivity contribution in [3.05, 3.63) is 78.9 Å². The number of hydrogen-bond donors (Lipinski definition) is 0. The second-order valence-electron chi connectivity index (χ2n) is 5.08. The monoisotopic (exact) mass is 262 g/mol. The van der Waals surface area contributed by atoms with E-state index in [0.717, 1.165) is 0 Å². The van der Waals surface area contributed by atoms with Crippen molar-refractivity contribution in [1.29, 1.82) is 0 Å². The summed E-state index contributed by atoms with van der Waals surface area (Å²) in [7, 11) is 2.03. The first-order valence-electron chi connectivity index (χ1n) is 6.76. The van der Waals surface area contributed by atoms with E-state index in [9.17, 15) is 0 Å². The Hall–Kier alpha value is -2.48. The summed E-state index contributed by atoms with van der Waals surface area (Å²) in [5.41, 5.74) is 4.93. The highest BCUT2D eigenvalue weighted by atomic mass is 14.9. The fraction of sp³-hybridized carbons (Fsp3) is 0.111. The fourth-order valence-electron chi connectivity index (χ4n) is 2.20. The summed E-state index contributed by atoms with van der Waals surface area (Å²) in [6.45, 7) is 2.10. The van der Waals surface area contributed by atoms with E-state index in [1.807, 2.05) is 11.6 Å². The molecule has 0 atom stereocenters. The molecule has 0 radical (unpaired) electrons. The van der Waals surface area contributed by atoms with E-state index >= 15 is 0 Å². The van der Waals surface area contributed by atoms with Crippen LogP contribution in [0.4, 0.5) is 0 Å². The van der Waals surface area contributed by atoms with Gasteiger partial charge in [-0.25, -0.2) is 4.57 Å². The van der Waals surface area contributed by atoms with E-state index in [2.05, 4.69) is 84.8 Å². The highest BCUT2D eigenvalue weighted by molar-refractivity contribution is 5.61. The highest BCUT2D eigenvalue weighted by Gasteiger charge is 2.06. The number of aryl methyl sites for hydroxylation is 2. The van der Waals surface area contributed by atoms with Crippen molar-refractivity contribution in [3.8, 4) is 16.8 Å². The SMILES string of the molecule is Cc1ccc(-[n+]2ccc(-c3cc[n+](C)cc3)cc2)cc1. The van der Waals surface area contributed by atoms with Gasteiger partial charge < -0.3 is 0 Å². The van der Waals surface area contributed by atoms with Gasteiger partial charge in [0.2, 0.25) is 5.69 Å². The normalized spacial score (nSPS) is 10.5. The maximum atomic E-state index is 2.15. The van der Waals surface area contributed by atoms with Crippen LogP contribution in [0.15, 0.2) is 73.3 Å². The van der Waals surface area contributed by atoms with Gasteiger partial charge in [0.1, 0.15) is 7.05 Å². The minimum Gasteiger partial charge on any atom is -0.208 e. The number of rotatable bonds is 2. The summed E-state index contributed by atoms with van der Waals surface area (Å²) in [5, 5.41) is 0. The lowest BCUT2D eigenvalue weighted by atomic mass is 10.1. The Bertz CT molecular complexity index is 631. The zero-order valence-electron chi connectivity index (χ0n) is 11.8. The highest BCUT2D eigenvalue weighted by Crippen LogP contribution is 2.16. The largest absolute Gasteiger partial charge is 0.210 e. The fourth-order valence-corrected chi connectivity index (χ4v) is 2.20. The molecule has 0 amide bonds. The Labute approximate surface area is 119 Å². The molecule has 0 aliphatic heterocycles. The Morgan fingerprint density at radius 2 is 1.15 bits per heavy atom. The molecule has 2 heterocycles. The third kappa shape index (κ3) is 2.59. The van der Waals surface area contributed by atoms with Gasteiger partial charge in [-0.3, -0.25) is 0 Å². The first-order chi connectivity index (χ1) is 9.72. The topological polar surface area (TPSA) is 7.76 Å². The number of aromatic nitrogens is 2. The van der Waals surface area contributed by atoms with E-state index in [-0.39, 0.29) is 0 Å². The van der Waals surface area contributed by atoms with Crippen LogP contribution in [0.3, 0.4) is 0 Å². The van der Waals surface area contributed by atoms with Crippen LogP contribution in [0.5, 0.6) is 0 Å². The summed E-state index contributed by atoms with van der Waals surface area (Å²) in [4.78, 5) is 0. The average Bonchev–Trinajstić information content (AvgIpc) is 2.49. The predicted molar refractivity (Wildman–Crippen MR) is 79.3 cm³/mol. The molecule has 0 bridgehead atoms. The van der Waals surface area contributed by atoms with Crippen molar-refractivity contribution in [3.63, 3.8) is 0 Å². The van der Waals surface area contributed by atoms with Gasteiger partial charge in [-0.15, -0.1) is 0 Å². The van der Waals surface area contributed by atoms with Gasteiger partial charge in [0, 0.05) is 36.4 Å². The summed E-state index contributed by atoms with van der Waals surface area (Å²) in [6, 6.07) is 17.1. The van der Waals surface area contributed by atoms with Crippen molar-refractivity contribution in [2.24, 2.45) is 7.05 Å². The maximum Gasteiger partial charge on any atom is 0.210 e. The summed E-state index contributed by atoms with van der Waals surface area (Å²) in [6.07, 6.45) is 8.34. The first-order valence-corrected chi connectivity index (χ1v) is 6.76. The molecular weight excluding hydrogens is 244 g/mol. The van der Waals surface area contributed by atoms with Crippen molar-refractivity contribution >= 4 is 0 Å². The molecule has 20 heavy (non-hydrogen) atoms. The first kappa shape index (κ1) is 12.5. The lowest BCUT2D eigenvalue weighted by molar-refractivity contribution is -0.671. The van der Waals surface area contributed by atoms with Crippen LogP contribution in [0, 0.1) is 6.92 Å². The number of nitrogens with zero attached hydrogens (tertiary/aromatic N) is 2. The number of hydrogen-bond acceptors (Lipinski definition) is 0. The summed E-state index contributed by atoms with van der Waals surface area (Å²) >= 11 is 0. The lowest BCUT2D eigenvalue weighted by Gasteiger charge is -2.00.